The largest absolute Gasteiger partial charge is 0.382 e. The van der Waals surface area contributed by atoms with Crippen LogP contribution in [0, 0.1) is 0 Å². The first-order valence-corrected chi connectivity index (χ1v) is 6.90. The van der Waals surface area contributed by atoms with Crippen LogP contribution in [0.25, 0.3) is 27.9 Å². The van der Waals surface area contributed by atoms with Crippen molar-refractivity contribution in [1.29, 1.82) is 0 Å². The molecule has 0 saturated heterocycles. The van der Waals surface area contributed by atoms with E-state index >= 15 is 0 Å². The van der Waals surface area contributed by atoms with Crippen molar-refractivity contribution in [3.05, 3.63) is 30.7 Å². The topological polar surface area (TPSA) is 113 Å². The van der Waals surface area contributed by atoms with Gasteiger partial charge in [-0.15, -0.1) is 5.10 Å². The van der Waals surface area contributed by atoms with Crippen LogP contribution >= 0.6 is 0 Å². The Balaban J connectivity index is 1.98. The maximum atomic E-state index is 5.99. The highest BCUT2D eigenvalue weighted by molar-refractivity contribution is 5.88. The smallest absolute Gasteiger partial charge is 0.240 e. The van der Waals surface area contributed by atoms with Gasteiger partial charge in [-0.1, -0.05) is 0 Å². The van der Waals surface area contributed by atoms with Crippen LogP contribution in [-0.4, -0.2) is 29.1 Å². The lowest BCUT2D eigenvalue weighted by atomic mass is 10.2. The van der Waals surface area contributed by atoms with E-state index in [1.54, 1.807) is 17.0 Å². The van der Waals surface area contributed by atoms with Gasteiger partial charge in [-0.25, -0.2) is 14.5 Å². The highest BCUT2D eigenvalue weighted by atomic mass is 15.3. The number of nitrogens with two attached hydrogens (primary N) is 2. The Morgan fingerprint density at radius 1 is 1.14 bits per heavy atom. The Morgan fingerprint density at radius 3 is 2.82 bits per heavy atom. The van der Waals surface area contributed by atoms with E-state index in [1.807, 2.05) is 22.8 Å². The second-order valence-corrected chi connectivity index (χ2v) is 4.95. The average molecular weight is 294 g/mol. The number of hydrogen-bond donors (Lipinski definition) is 2. The maximum Gasteiger partial charge on any atom is 0.240 e. The van der Waals surface area contributed by atoms with Crippen molar-refractivity contribution in [3.8, 4) is 11.3 Å². The van der Waals surface area contributed by atoms with E-state index in [-0.39, 0.29) is 5.95 Å². The molecule has 4 aromatic rings. The molecule has 4 aromatic heterocycles. The highest BCUT2D eigenvalue weighted by Gasteiger charge is 2.14. The monoisotopic (exact) mass is 294 g/mol. The number of hydrogen-bond acceptors (Lipinski definition) is 6. The van der Waals surface area contributed by atoms with Crippen molar-refractivity contribution in [2.24, 2.45) is 0 Å². The molecule has 4 N–H and O–H groups in total. The van der Waals surface area contributed by atoms with Crippen LogP contribution < -0.4 is 11.5 Å². The van der Waals surface area contributed by atoms with E-state index in [1.165, 1.54) is 0 Å². The normalized spacial score (nSPS) is 11.5. The molecular weight excluding hydrogens is 280 g/mol. The van der Waals surface area contributed by atoms with Gasteiger partial charge < -0.3 is 16.0 Å². The summed E-state index contributed by atoms with van der Waals surface area (Å²) in [6.45, 7) is 2.86. The fraction of sp³-hybridized carbons (Fsp3) is 0.143. The zero-order valence-electron chi connectivity index (χ0n) is 11.9. The summed E-state index contributed by atoms with van der Waals surface area (Å²) >= 11 is 0. The van der Waals surface area contributed by atoms with Crippen LogP contribution in [0.15, 0.2) is 30.7 Å². The second-order valence-electron chi connectivity index (χ2n) is 4.95. The summed E-state index contributed by atoms with van der Waals surface area (Å²) < 4.78 is 3.62. The van der Waals surface area contributed by atoms with Gasteiger partial charge >= 0.3 is 0 Å². The van der Waals surface area contributed by atoms with E-state index in [4.69, 9.17) is 16.5 Å². The summed E-state index contributed by atoms with van der Waals surface area (Å²) in [5, 5.41) is 4.13. The zero-order valence-corrected chi connectivity index (χ0v) is 11.9. The molecule has 8 heteroatoms. The molecule has 8 nitrogen and oxygen atoms in total. The lowest BCUT2D eigenvalue weighted by molar-refractivity contribution is 0.778. The Labute approximate surface area is 125 Å². The predicted octanol–water partition coefficient (Wildman–Crippen LogP) is 1.33. The molecule has 4 heterocycles. The SMILES string of the molecule is CCn1cnc2ccc(-c3ccn4nc(N)nc(N)c34)nc21. The standard InChI is InChI=1S/C14H14N8/c1-2-21-7-17-10-4-3-9(18-13(10)21)8-5-6-22-11(8)12(15)19-14(16)20-22/h3-7H,2H2,1H3,(H4,15,16,19,20). The lowest BCUT2D eigenvalue weighted by Crippen LogP contribution is -2.05. The summed E-state index contributed by atoms with van der Waals surface area (Å²) in [4.78, 5) is 13.1. The van der Waals surface area contributed by atoms with E-state index in [0.717, 1.165) is 29.0 Å². The van der Waals surface area contributed by atoms with Crippen LogP contribution in [0.4, 0.5) is 11.8 Å². The minimum Gasteiger partial charge on any atom is -0.382 e. The predicted molar refractivity (Wildman–Crippen MR) is 84.0 cm³/mol. The van der Waals surface area contributed by atoms with Gasteiger partial charge in [0.1, 0.15) is 11.0 Å². The van der Waals surface area contributed by atoms with Crippen molar-refractivity contribution < 1.29 is 0 Å². The quantitative estimate of drug-likeness (QED) is 0.576. The van der Waals surface area contributed by atoms with Crippen LogP contribution in [-0.2, 0) is 6.54 Å². The number of nitrogen functional groups attached to an aromatic ring is 2. The highest BCUT2D eigenvalue weighted by Crippen LogP contribution is 2.28. The Morgan fingerprint density at radius 2 is 2.00 bits per heavy atom. The zero-order chi connectivity index (χ0) is 15.3. The molecule has 110 valence electrons. The first-order valence-electron chi connectivity index (χ1n) is 6.90. The maximum absolute atomic E-state index is 5.99. The van der Waals surface area contributed by atoms with Crippen molar-refractivity contribution in [2.75, 3.05) is 11.5 Å². The van der Waals surface area contributed by atoms with Gasteiger partial charge in [0.2, 0.25) is 5.95 Å². The van der Waals surface area contributed by atoms with E-state index in [9.17, 15) is 0 Å². The Hall–Kier alpha value is -3.16. The lowest BCUT2D eigenvalue weighted by Gasteiger charge is -2.04. The van der Waals surface area contributed by atoms with Crippen LogP contribution in [0.1, 0.15) is 6.92 Å². The van der Waals surface area contributed by atoms with E-state index in [2.05, 4.69) is 22.0 Å². The molecule has 0 aliphatic carbocycles. The molecule has 0 bridgehead atoms. The third kappa shape index (κ3) is 1.70. The first kappa shape index (κ1) is 12.6. The summed E-state index contributed by atoms with van der Waals surface area (Å²) in [7, 11) is 0. The summed E-state index contributed by atoms with van der Waals surface area (Å²) in [6, 6.07) is 5.77. The van der Waals surface area contributed by atoms with Crippen molar-refractivity contribution in [2.45, 2.75) is 13.5 Å². The van der Waals surface area contributed by atoms with Gasteiger partial charge in [-0.2, -0.15) is 4.98 Å². The number of aryl methyl sites for hydroxylation is 1. The summed E-state index contributed by atoms with van der Waals surface area (Å²) in [5.74, 6) is 0.470. The van der Waals surface area contributed by atoms with E-state index in [0.29, 0.717) is 11.3 Å². The van der Waals surface area contributed by atoms with Crippen molar-refractivity contribution in [1.82, 2.24) is 29.1 Å². The molecule has 22 heavy (non-hydrogen) atoms. The number of imidazole rings is 1. The third-order valence-electron chi connectivity index (χ3n) is 3.63. The Kier molecular flexibility index (Phi) is 2.52. The minimum absolute atomic E-state index is 0.139. The second kappa shape index (κ2) is 4.42. The van der Waals surface area contributed by atoms with Gasteiger partial charge in [0.15, 0.2) is 11.5 Å². The van der Waals surface area contributed by atoms with E-state index < -0.39 is 0 Å². The number of anilines is 2. The van der Waals surface area contributed by atoms with Crippen LogP contribution in [0.3, 0.4) is 0 Å². The number of fused-ring (bicyclic) bond motifs is 2. The molecule has 0 aliphatic rings. The molecule has 0 unspecified atom stereocenters. The fourth-order valence-electron chi connectivity index (χ4n) is 2.60. The number of rotatable bonds is 2. The van der Waals surface area contributed by atoms with Crippen molar-refractivity contribution in [3.63, 3.8) is 0 Å². The van der Waals surface area contributed by atoms with Gasteiger partial charge in [-0.05, 0) is 25.1 Å². The molecule has 0 aromatic carbocycles. The molecule has 0 atom stereocenters. The summed E-state index contributed by atoms with van der Waals surface area (Å²) in [5.41, 5.74) is 15.7. The Bertz CT molecular complexity index is 997. The van der Waals surface area contributed by atoms with Gasteiger partial charge in [0.05, 0.1) is 12.0 Å². The van der Waals surface area contributed by atoms with Crippen LogP contribution in [0.2, 0.25) is 0 Å². The number of pyridine rings is 1. The molecule has 0 amide bonds. The third-order valence-corrected chi connectivity index (χ3v) is 3.63. The molecule has 0 radical (unpaired) electrons. The molecule has 0 spiro atoms. The van der Waals surface area contributed by atoms with Crippen molar-refractivity contribution >= 4 is 28.4 Å². The van der Waals surface area contributed by atoms with Crippen LogP contribution in [0.5, 0.6) is 0 Å². The van der Waals surface area contributed by atoms with Gasteiger partial charge in [-0.3, -0.25) is 0 Å². The molecule has 0 saturated carbocycles. The average Bonchev–Trinajstić information content (AvgIpc) is 3.09. The number of aromatic nitrogens is 6. The first-order chi connectivity index (χ1) is 10.7. The fourth-order valence-corrected chi connectivity index (χ4v) is 2.60. The molecule has 4 rings (SSSR count). The number of nitrogens with zero attached hydrogens (tertiary/aromatic N) is 6. The van der Waals surface area contributed by atoms with Gasteiger partial charge in [0, 0.05) is 18.3 Å². The molecule has 0 fully saturated rings. The van der Waals surface area contributed by atoms with Gasteiger partial charge in [0.25, 0.3) is 0 Å². The molecule has 0 aliphatic heterocycles. The molecular formula is C14H14N8. The minimum atomic E-state index is 0.139. The summed E-state index contributed by atoms with van der Waals surface area (Å²) in [6.07, 6.45) is 3.58.